The van der Waals surface area contributed by atoms with Crippen LogP contribution in [-0.2, 0) is 11.2 Å². The summed E-state index contributed by atoms with van der Waals surface area (Å²) in [6.07, 6.45) is 6.09. The van der Waals surface area contributed by atoms with Crippen molar-refractivity contribution in [3.63, 3.8) is 0 Å². The molecule has 1 unspecified atom stereocenters. The Bertz CT molecular complexity index is 398. The number of ether oxygens (including phenoxy) is 1. The molecule has 3 rings (SSSR count). The molecule has 2 aliphatic rings. The van der Waals surface area contributed by atoms with E-state index in [1.54, 1.807) is 0 Å². The first-order valence-corrected chi connectivity index (χ1v) is 8.00. The molecule has 2 heterocycles. The number of aryl methyl sites for hydroxylation is 1. The van der Waals surface area contributed by atoms with Gasteiger partial charge in [-0.25, -0.2) is 4.98 Å². The summed E-state index contributed by atoms with van der Waals surface area (Å²) in [6.45, 7) is 5.03. The van der Waals surface area contributed by atoms with E-state index in [0.717, 1.165) is 32.6 Å². The monoisotopic (exact) mass is 266 g/mol. The third-order valence-electron chi connectivity index (χ3n) is 3.99. The van der Waals surface area contributed by atoms with E-state index in [2.05, 4.69) is 12.2 Å². The first-order valence-electron chi connectivity index (χ1n) is 7.19. The van der Waals surface area contributed by atoms with Crippen molar-refractivity contribution in [1.29, 1.82) is 0 Å². The van der Waals surface area contributed by atoms with Crippen LogP contribution in [0.5, 0.6) is 0 Å². The lowest BCUT2D eigenvalue weighted by atomic mass is 9.97. The average molecular weight is 266 g/mol. The van der Waals surface area contributed by atoms with Gasteiger partial charge in [0, 0.05) is 24.0 Å². The highest BCUT2D eigenvalue weighted by Gasteiger charge is 2.27. The van der Waals surface area contributed by atoms with Crippen LogP contribution in [0, 0.1) is 0 Å². The van der Waals surface area contributed by atoms with Gasteiger partial charge in [0.1, 0.15) is 0 Å². The van der Waals surface area contributed by atoms with Gasteiger partial charge in [0.2, 0.25) is 0 Å². The molecule has 1 saturated heterocycles. The highest BCUT2D eigenvalue weighted by molar-refractivity contribution is 7.11. The topological polar surface area (TPSA) is 34.1 Å². The van der Waals surface area contributed by atoms with E-state index in [9.17, 15) is 0 Å². The predicted molar refractivity (Wildman–Crippen MR) is 74.3 cm³/mol. The summed E-state index contributed by atoms with van der Waals surface area (Å²) in [5, 5.41) is 4.95. The second-order valence-corrected chi connectivity index (χ2v) is 6.36. The Balaban J connectivity index is 1.81. The van der Waals surface area contributed by atoms with Gasteiger partial charge in [-0.2, -0.15) is 0 Å². The van der Waals surface area contributed by atoms with E-state index in [0.29, 0.717) is 12.0 Å². The molecule has 0 spiro atoms. The van der Waals surface area contributed by atoms with Crippen molar-refractivity contribution in [3.8, 4) is 0 Å². The lowest BCUT2D eigenvalue weighted by Crippen LogP contribution is -2.24. The molecule has 0 bridgehead atoms. The number of aromatic nitrogens is 1. The fourth-order valence-electron chi connectivity index (χ4n) is 3.00. The molecule has 1 aromatic heterocycles. The minimum atomic E-state index is 0.503. The number of hydrogen-bond acceptors (Lipinski definition) is 4. The smallest absolute Gasteiger partial charge is 0.0964 e. The largest absolute Gasteiger partial charge is 0.381 e. The molecular formula is C14H22N2OS. The number of hydrogen-bond donors (Lipinski definition) is 1. The van der Waals surface area contributed by atoms with Crippen LogP contribution < -0.4 is 5.32 Å². The van der Waals surface area contributed by atoms with Gasteiger partial charge in [-0.3, -0.25) is 0 Å². The van der Waals surface area contributed by atoms with Gasteiger partial charge < -0.3 is 10.1 Å². The standard InChI is InChI=1S/C14H22N2OS/c1-2-15-11-4-3-5-12-13(11)16-14(18-12)10-6-8-17-9-7-10/h10-11,15H,2-9H2,1H3. The first kappa shape index (κ1) is 12.6. The Morgan fingerprint density at radius 1 is 1.33 bits per heavy atom. The van der Waals surface area contributed by atoms with Crippen LogP contribution in [0.2, 0.25) is 0 Å². The van der Waals surface area contributed by atoms with E-state index in [4.69, 9.17) is 9.72 Å². The summed E-state index contributed by atoms with van der Waals surface area (Å²) < 4.78 is 5.45. The number of nitrogens with zero attached hydrogens (tertiary/aromatic N) is 1. The summed E-state index contributed by atoms with van der Waals surface area (Å²) in [6, 6.07) is 0.503. The SMILES string of the molecule is CCNC1CCCc2sc(C3CCOCC3)nc21. The Kier molecular flexibility index (Phi) is 3.97. The van der Waals surface area contributed by atoms with Gasteiger partial charge >= 0.3 is 0 Å². The van der Waals surface area contributed by atoms with Gasteiger partial charge in [0.15, 0.2) is 0 Å². The quantitative estimate of drug-likeness (QED) is 0.913. The summed E-state index contributed by atoms with van der Waals surface area (Å²) in [5.74, 6) is 0.650. The van der Waals surface area contributed by atoms with E-state index in [1.807, 2.05) is 11.3 Å². The van der Waals surface area contributed by atoms with Crippen molar-refractivity contribution >= 4 is 11.3 Å². The molecule has 0 amide bonds. The van der Waals surface area contributed by atoms with Crippen molar-refractivity contribution in [3.05, 3.63) is 15.6 Å². The van der Waals surface area contributed by atoms with E-state index >= 15 is 0 Å². The second-order valence-electron chi connectivity index (χ2n) is 5.25. The van der Waals surface area contributed by atoms with E-state index in [-0.39, 0.29) is 0 Å². The fraction of sp³-hybridized carbons (Fsp3) is 0.786. The predicted octanol–water partition coefficient (Wildman–Crippen LogP) is 3.02. The van der Waals surface area contributed by atoms with Gasteiger partial charge in [-0.15, -0.1) is 11.3 Å². The highest BCUT2D eigenvalue weighted by Crippen LogP contribution is 2.38. The summed E-state index contributed by atoms with van der Waals surface area (Å²) in [4.78, 5) is 6.51. The Morgan fingerprint density at radius 3 is 2.94 bits per heavy atom. The molecule has 1 N–H and O–H groups in total. The van der Waals surface area contributed by atoms with Crippen molar-refractivity contribution < 1.29 is 4.74 Å². The molecule has 18 heavy (non-hydrogen) atoms. The van der Waals surface area contributed by atoms with Crippen molar-refractivity contribution in [2.75, 3.05) is 19.8 Å². The van der Waals surface area contributed by atoms with Crippen LogP contribution >= 0.6 is 11.3 Å². The minimum absolute atomic E-state index is 0.503. The Hall–Kier alpha value is -0.450. The maximum absolute atomic E-state index is 5.45. The maximum Gasteiger partial charge on any atom is 0.0964 e. The minimum Gasteiger partial charge on any atom is -0.381 e. The zero-order chi connectivity index (χ0) is 12.4. The van der Waals surface area contributed by atoms with E-state index in [1.165, 1.54) is 34.8 Å². The molecular weight excluding hydrogens is 244 g/mol. The van der Waals surface area contributed by atoms with Gasteiger partial charge in [0.05, 0.1) is 16.7 Å². The molecule has 4 heteroatoms. The third kappa shape index (κ3) is 2.46. The zero-order valence-electron chi connectivity index (χ0n) is 11.1. The van der Waals surface area contributed by atoms with Crippen LogP contribution in [0.4, 0.5) is 0 Å². The highest BCUT2D eigenvalue weighted by atomic mass is 32.1. The van der Waals surface area contributed by atoms with Gasteiger partial charge in [0.25, 0.3) is 0 Å². The van der Waals surface area contributed by atoms with Crippen molar-refractivity contribution in [2.45, 2.75) is 51.0 Å². The summed E-state index contributed by atoms with van der Waals surface area (Å²) in [5.41, 5.74) is 1.36. The molecule has 3 nitrogen and oxygen atoms in total. The third-order valence-corrected chi connectivity index (χ3v) is 5.29. The molecule has 1 aromatic rings. The van der Waals surface area contributed by atoms with Crippen LogP contribution in [0.15, 0.2) is 0 Å². The number of rotatable bonds is 3. The normalized spacial score (nSPS) is 25.1. The van der Waals surface area contributed by atoms with Crippen molar-refractivity contribution in [1.82, 2.24) is 10.3 Å². The lowest BCUT2D eigenvalue weighted by Gasteiger charge is -2.21. The number of thiazole rings is 1. The van der Waals surface area contributed by atoms with Crippen molar-refractivity contribution in [2.24, 2.45) is 0 Å². The average Bonchev–Trinajstić information content (AvgIpc) is 2.85. The van der Waals surface area contributed by atoms with Gasteiger partial charge in [-0.05, 0) is 38.6 Å². The summed E-state index contributed by atoms with van der Waals surface area (Å²) in [7, 11) is 0. The first-order chi connectivity index (χ1) is 8.88. The second kappa shape index (κ2) is 5.68. The molecule has 0 aromatic carbocycles. The van der Waals surface area contributed by atoms with Crippen LogP contribution in [0.25, 0.3) is 0 Å². The molecule has 1 aliphatic carbocycles. The number of fused-ring (bicyclic) bond motifs is 1. The molecule has 0 saturated carbocycles. The van der Waals surface area contributed by atoms with E-state index < -0.39 is 0 Å². The van der Waals surface area contributed by atoms with Crippen LogP contribution in [0.1, 0.15) is 60.1 Å². The molecule has 1 aliphatic heterocycles. The lowest BCUT2D eigenvalue weighted by molar-refractivity contribution is 0.0852. The molecule has 1 atom stereocenters. The summed E-state index contributed by atoms with van der Waals surface area (Å²) >= 11 is 1.96. The molecule has 0 radical (unpaired) electrons. The molecule has 1 fully saturated rings. The number of nitrogens with one attached hydrogen (secondary N) is 1. The molecule has 100 valence electrons. The van der Waals surface area contributed by atoms with Gasteiger partial charge in [-0.1, -0.05) is 6.92 Å². The maximum atomic E-state index is 5.45. The Labute approximate surface area is 113 Å². The fourth-order valence-corrected chi connectivity index (χ4v) is 4.34. The zero-order valence-corrected chi connectivity index (χ0v) is 11.9. The van der Waals surface area contributed by atoms with Crippen LogP contribution in [0.3, 0.4) is 0 Å². The Morgan fingerprint density at radius 2 is 2.17 bits per heavy atom. The van der Waals surface area contributed by atoms with Crippen LogP contribution in [-0.4, -0.2) is 24.7 Å².